The maximum Gasteiger partial charge on any atom is 0.270 e. The molecular formula is C98H102FN11O3S2. The second kappa shape index (κ2) is 33.6. The van der Waals surface area contributed by atoms with Crippen LogP contribution in [0.15, 0.2) is 203 Å². The number of aromatic nitrogens is 8. The molecule has 8 heterocycles. The predicted molar refractivity (Wildman–Crippen MR) is 476 cm³/mol. The third-order valence-corrected chi connectivity index (χ3v) is 26.0. The number of hydrogen-bond donors (Lipinski definition) is 6. The number of nitrogens with zero attached hydrogens (tertiary/aromatic N) is 7. The number of aliphatic hydroxyl groups is 2. The lowest BCUT2D eigenvalue weighted by molar-refractivity contribution is 0.0283. The molecule has 6 aliphatic rings. The average Bonchev–Trinajstić information content (AvgIpc) is 1.63. The second-order valence-corrected chi connectivity index (χ2v) is 34.2. The number of halogens is 1. The number of benzene rings is 8. The van der Waals surface area contributed by atoms with Crippen molar-refractivity contribution in [2.75, 3.05) is 25.0 Å². The van der Waals surface area contributed by atoms with Gasteiger partial charge in [0.25, 0.3) is 5.56 Å². The zero-order chi connectivity index (χ0) is 78.2. The molecule has 8 aromatic carbocycles. The summed E-state index contributed by atoms with van der Waals surface area (Å²) in [6.45, 7) is 16.6. The van der Waals surface area contributed by atoms with Gasteiger partial charge < -0.3 is 30.0 Å². The Kier molecular flexibility index (Phi) is 22.8. The smallest absolute Gasteiger partial charge is 0.270 e. The van der Waals surface area contributed by atoms with Gasteiger partial charge in [-0.05, 0) is 236 Å². The summed E-state index contributed by atoms with van der Waals surface area (Å²) < 4.78 is 18.2. The highest BCUT2D eigenvalue weighted by Crippen LogP contribution is 2.43. The Morgan fingerprint density at radius 1 is 0.617 bits per heavy atom. The van der Waals surface area contributed by atoms with E-state index in [1.807, 2.05) is 88.4 Å². The number of allylic oxidation sites excluding steroid dienone is 3. The minimum absolute atomic E-state index is 0. The first-order valence-electron chi connectivity index (χ1n) is 40.7. The van der Waals surface area contributed by atoms with Crippen molar-refractivity contribution >= 4 is 106 Å². The normalized spacial score (nSPS) is 15.3. The number of imidazole rings is 1. The number of likely N-dealkylation sites (tertiary alicyclic amines) is 1. The second-order valence-electron chi connectivity index (χ2n) is 32.2. The van der Waals surface area contributed by atoms with Gasteiger partial charge in [-0.15, -0.1) is 22.7 Å². The lowest BCUT2D eigenvalue weighted by atomic mass is 9.87. The van der Waals surface area contributed by atoms with E-state index in [1.54, 1.807) is 18.3 Å². The molecule has 6 aromatic heterocycles. The summed E-state index contributed by atoms with van der Waals surface area (Å²) in [4.78, 5) is 34.2. The average molecular weight is 1570 g/mol. The van der Waals surface area contributed by atoms with Gasteiger partial charge in [-0.3, -0.25) is 20.0 Å². The molecule has 14 aromatic rings. The fraction of sp³-hybridized carbons (Fsp3) is 0.306. The van der Waals surface area contributed by atoms with E-state index in [4.69, 9.17) is 15.0 Å². The minimum atomic E-state index is -0.966. The van der Waals surface area contributed by atoms with Crippen LogP contribution in [0.3, 0.4) is 0 Å². The number of rotatable bonds is 18. The Morgan fingerprint density at radius 3 is 1.96 bits per heavy atom. The first-order chi connectivity index (χ1) is 55.4. The van der Waals surface area contributed by atoms with Gasteiger partial charge in [0.15, 0.2) is 0 Å². The Labute approximate surface area is 680 Å². The van der Waals surface area contributed by atoms with Crippen molar-refractivity contribution in [1.82, 2.24) is 44.8 Å². The zero-order valence-corrected chi connectivity index (χ0v) is 67.5. The van der Waals surface area contributed by atoms with Crippen LogP contribution in [0.4, 0.5) is 10.1 Å². The third kappa shape index (κ3) is 16.8. The maximum atomic E-state index is 13.6. The van der Waals surface area contributed by atoms with Crippen molar-refractivity contribution in [3.05, 3.63) is 292 Å². The Bertz CT molecular complexity index is 6070. The molecule has 0 bridgehead atoms. The number of aliphatic imine (C=N–C) groups is 1. The predicted octanol–water partition coefficient (Wildman–Crippen LogP) is 22.7. The van der Waals surface area contributed by atoms with E-state index in [0.717, 1.165) is 128 Å². The standard InChI is InChI=1S/C36H35N5O.C23H24N2.C21H23FN2OS.C17H16N2OS.CH4/c42-36-33(23-26-11-4-1-5-12-26)37-31-25-34-32(24-30(31)39-36)38-35(41(34)22-10-21-40-19-8-3-9-20-40)29-17-15-28(16-18-29)27-13-6-2-7-14-27;1-15-6-7-16-11-19(12-18(16)10-15)23-22-13-21(9-8-17(22)14-24-23)25-20-4-2-3-5-20;1-4-21(25,5-2)16-7-6-13-8-15(9-14(13)10-16)19-20-17(23-24-19)11-18(26-20)12(3)22;1-17(2,20)13-4-3-10-7-12(8-11(10)9-13)15-16-14(18-19-15)5-6-21-16;/h1-2,4-7,11-18,24-25H,3,8-10,19-23H2,(H,39,42);6-11,13,20,25H,2-5,12,14H2,1H3;6-8,10-12,25H,4-5,9H2,1-3H3,(H,23,24);3-7,9,20H,8H2,1-2H3,(H,18,19);1H4. The number of piperidine rings is 1. The Morgan fingerprint density at radius 2 is 1.25 bits per heavy atom. The highest BCUT2D eigenvalue weighted by molar-refractivity contribution is 7.19. The molecule has 2 fully saturated rings. The van der Waals surface area contributed by atoms with Gasteiger partial charge in [0.1, 0.15) is 29.1 Å². The summed E-state index contributed by atoms with van der Waals surface area (Å²) in [5.74, 6) is 0.949. The molecule has 2 aliphatic heterocycles. The summed E-state index contributed by atoms with van der Waals surface area (Å²) in [7, 11) is 0. The highest BCUT2D eigenvalue weighted by atomic mass is 32.1. The number of anilines is 1. The topological polar surface area (TPSA) is 189 Å². The fourth-order valence-electron chi connectivity index (χ4n) is 17.2. The number of aromatic amines is 3. The zero-order valence-electron chi connectivity index (χ0n) is 65.8. The van der Waals surface area contributed by atoms with Crippen molar-refractivity contribution in [2.45, 2.75) is 175 Å². The van der Waals surface area contributed by atoms with E-state index in [0.29, 0.717) is 36.5 Å². The molecule has 14 nitrogen and oxygen atoms in total. The summed E-state index contributed by atoms with van der Waals surface area (Å²) in [5.41, 5.74) is 30.6. The molecule has 1 atom stereocenters. The van der Waals surface area contributed by atoms with Crippen LogP contribution in [-0.2, 0) is 50.0 Å². The van der Waals surface area contributed by atoms with Crippen LogP contribution in [0, 0.1) is 6.92 Å². The van der Waals surface area contributed by atoms with Crippen molar-refractivity contribution in [2.24, 2.45) is 4.99 Å². The molecule has 17 heteroatoms. The van der Waals surface area contributed by atoms with Gasteiger partial charge >= 0.3 is 0 Å². The van der Waals surface area contributed by atoms with Gasteiger partial charge in [-0.1, -0.05) is 192 Å². The van der Waals surface area contributed by atoms with Crippen LogP contribution in [0.5, 0.6) is 0 Å². The van der Waals surface area contributed by atoms with Crippen molar-refractivity contribution in [3.63, 3.8) is 0 Å². The van der Waals surface area contributed by atoms with E-state index in [2.05, 4.69) is 192 Å². The molecule has 1 saturated carbocycles. The first kappa shape index (κ1) is 78.1. The number of thiophene rings is 2. The van der Waals surface area contributed by atoms with Gasteiger partial charge in [0.2, 0.25) is 0 Å². The van der Waals surface area contributed by atoms with Crippen LogP contribution >= 0.6 is 22.7 Å². The van der Waals surface area contributed by atoms with E-state index < -0.39 is 17.4 Å². The van der Waals surface area contributed by atoms with Crippen LogP contribution < -0.4 is 10.9 Å². The molecule has 0 amide bonds. The van der Waals surface area contributed by atoms with Gasteiger partial charge in [0.05, 0.1) is 66.0 Å². The monoisotopic (exact) mass is 1560 g/mol. The summed E-state index contributed by atoms with van der Waals surface area (Å²) in [5, 5.41) is 41.8. The number of hydrogen-bond acceptors (Lipinski definition) is 12. The molecule has 4 aliphatic carbocycles. The maximum absolute atomic E-state index is 13.6. The Balaban J connectivity index is 0.000000119. The van der Waals surface area contributed by atoms with Crippen LogP contribution in [0.25, 0.3) is 94.4 Å². The van der Waals surface area contributed by atoms with E-state index >= 15 is 0 Å². The van der Waals surface area contributed by atoms with Crippen molar-refractivity contribution in [3.8, 4) is 22.5 Å². The molecule has 20 rings (SSSR count). The van der Waals surface area contributed by atoms with Crippen LogP contribution in [-0.4, -0.2) is 86.4 Å². The molecule has 586 valence electrons. The number of aryl methyl sites for hydroxylation is 2. The number of alkyl halides is 1. The van der Waals surface area contributed by atoms with Crippen LogP contribution in [0.2, 0.25) is 0 Å². The SMILES string of the molecule is C.CC(C)(O)c1ccc2c(c1)CC(c1n[nH]c3ccsc13)=C2.CCC(O)(CC)c1ccc2c(c1)CC(c1n[nH]c3cc(C(C)F)sc13)=C2.Cc1ccc2c(c1)CC(C1=NCc3ccc(NC4CCCC4)cc31)=C2.O=c1[nH]c2cc3nc(-c4ccc(-c5ccccc5)cc4)n(CCCN4CCCCC4)c3cc2nc1Cc1ccccc1. The van der Waals surface area contributed by atoms with E-state index in [9.17, 15) is 19.4 Å². The first-order valence-corrected chi connectivity index (χ1v) is 42.4. The number of fused-ring (bicyclic) bond motifs is 8. The van der Waals surface area contributed by atoms with Gasteiger partial charge in [-0.2, -0.15) is 10.2 Å². The molecule has 115 heavy (non-hydrogen) atoms. The fourth-order valence-corrected chi connectivity index (χ4v) is 19.1. The van der Waals surface area contributed by atoms with Crippen molar-refractivity contribution < 1.29 is 14.6 Å². The number of nitrogens with one attached hydrogen (secondary N) is 4. The highest BCUT2D eigenvalue weighted by Gasteiger charge is 2.30. The van der Waals surface area contributed by atoms with Crippen LogP contribution in [0.1, 0.15) is 201 Å². The summed E-state index contributed by atoms with van der Waals surface area (Å²) in [6.07, 6.45) is 20.6. The van der Waals surface area contributed by atoms with E-state index in [-0.39, 0.29) is 13.0 Å². The lowest BCUT2D eigenvalue weighted by Gasteiger charge is -2.26. The molecule has 0 spiro atoms. The van der Waals surface area contributed by atoms with E-state index in [1.165, 1.54) is 158 Å². The van der Waals surface area contributed by atoms with Gasteiger partial charge in [-0.25, -0.2) is 14.4 Å². The lowest BCUT2D eigenvalue weighted by Crippen LogP contribution is -2.31. The third-order valence-electron chi connectivity index (χ3n) is 23.8. The van der Waals surface area contributed by atoms with Crippen molar-refractivity contribution in [1.29, 1.82) is 0 Å². The molecular weight excluding hydrogens is 1460 g/mol. The largest absolute Gasteiger partial charge is 0.386 e. The molecule has 6 N–H and O–H groups in total. The Hall–Kier alpha value is -10.8. The molecule has 1 unspecified atom stereocenters. The quantitative estimate of drug-likeness (QED) is 0.0486. The molecule has 0 radical (unpaired) electrons. The molecule has 1 saturated heterocycles. The summed E-state index contributed by atoms with van der Waals surface area (Å²) >= 11 is 3.19. The number of H-pyrrole nitrogens is 3. The van der Waals surface area contributed by atoms with Gasteiger partial charge in [0, 0.05) is 60.0 Å². The minimum Gasteiger partial charge on any atom is -0.386 e. The summed E-state index contributed by atoms with van der Waals surface area (Å²) in [6, 6.07) is 63.8.